The summed E-state index contributed by atoms with van der Waals surface area (Å²) in [7, 11) is 0.906. The maximum atomic E-state index is 11.8. The molecule has 0 spiro atoms. The summed E-state index contributed by atoms with van der Waals surface area (Å²) >= 11 is 3.33. The zero-order valence-electron chi connectivity index (χ0n) is 10.2. The van der Waals surface area contributed by atoms with E-state index in [-0.39, 0.29) is 11.5 Å². The number of sulfone groups is 1. The largest absolute Gasteiger partial charge is 0.309 e. The van der Waals surface area contributed by atoms with Crippen LogP contribution in [0.4, 0.5) is 0 Å². The molecule has 0 saturated heterocycles. The first-order chi connectivity index (χ1) is 7.89. The molecule has 1 rings (SSSR count). The highest BCUT2D eigenvalue weighted by atomic mass is 79.9. The van der Waals surface area contributed by atoms with E-state index < -0.39 is 9.84 Å². The summed E-state index contributed by atoms with van der Waals surface area (Å²) in [6.07, 6.45) is 0.686. The highest BCUT2D eigenvalue weighted by molar-refractivity contribution is 9.10. The van der Waals surface area contributed by atoms with Crippen LogP contribution in [0.1, 0.15) is 12.0 Å². The molecule has 0 heterocycles. The molecule has 0 amide bonds. The maximum Gasteiger partial charge on any atom is 0.154 e. The summed E-state index contributed by atoms with van der Waals surface area (Å²) < 4.78 is 24.6. The van der Waals surface area contributed by atoms with E-state index in [2.05, 4.69) is 15.9 Å². The molecule has 1 aromatic rings. The predicted octanol–water partition coefficient (Wildman–Crippen LogP) is 2.32. The number of hydrogen-bond donors (Lipinski definition) is 0. The number of rotatable bonds is 6. The molecular weight excluding hydrogens is 302 g/mol. The van der Waals surface area contributed by atoms with E-state index in [1.54, 1.807) is 0 Å². The van der Waals surface area contributed by atoms with Gasteiger partial charge in [0.05, 0.1) is 11.5 Å². The van der Waals surface area contributed by atoms with Crippen LogP contribution in [0.3, 0.4) is 0 Å². The topological polar surface area (TPSA) is 37.4 Å². The lowest BCUT2D eigenvalue weighted by molar-refractivity contribution is 0.408. The first-order valence-corrected chi connectivity index (χ1v) is 8.10. The molecule has 3 nitrogen and oxygen atoms in total. The van der Waals surface area contributed by atoms with Crippen LogP contribution in [0.2, 0.25) is 0 Å². The lowest BCUT2D eigenvalue weighted by atomic mass is 10.2. The molecule has 0 radical (unpaired) electrons. The molecule has 0 aliphatic carbocycles. The first kappa shape index (κ1) is 14.7. The van der Waals surface area contributed by atoms with Gasteiger partial charge in [-0.15, -0.1) is 0 Å². The zero-order valence-corrected chi connectivity index (χ0v) is 12.6. The minimum absolute atomic E-state index is 0.133. The quantitative estimate of drug-likeness (QED) is 0.807. The number of nitrogens with zero attached hydrogens (tertiary/aromatic N) is 1. The second-order valence-electron chi connectivity index (χ2n) is 4.38. The lowest BCUT2D eigenvalue weighted by Gasteiger charge is -2.09. The smallest absolute Gasteiger partial charge is 0.154 e. The van der Waals surface area contributed by atoms with Crippen molar-refractivity contribution in [3.05, 3.63) is 34.3 Å². The predicted molar refractivity (Wildman–Crippen MR) is 74.8 cm³/mol. The molecule has 96 valence electrons. The highest BCUT2D eigenvalue weighted by Crippen LogP contribution is 2.13. The Labute approximate surface area is 112 Å². The fourth-order valence-corrected chi connectivity index (χ4v) is 3.19. The molecule has 0 aliphatic rings. The Hall–Kier alpha value is -0.390. The third kappa shape index (κ3) is 6.19. The highest BCUT2D eigenvalue weighted by Gasteiger charge is 2.11. The van der Waals surface area contributed by atoms with Gasteiger partial charge in [-0.2, -0.15) is 0 Å². The van der Waals surface area contributed by atoms with Crippen LogP contribution in [-0.2, 0) is 15.6 Å². The van der Waals surface area contributed by atoms with Gasteiger partial charge in [0.2, 0.25) is 0 Å². The van der Waals surface area contributed by atoms with Crippen LogP contribution in [0, 0.1) is 0 Å². The molecular formula is C12H18BrNO2S. The summed E-state index contributed by atoms with van der Waals surface area (Å²) in [5, 5.41) is 0. The third-order valence-electron chi connectivity index (χ3n) is 2.36. The van der Waals surface area contributed by atoms with Gasteiger partial charge >= 0.3 is 0 Å². The molecule has 0 unspecified atom stereocenters. The second-order valence-corrected chi connectivity index (χ2v) is 7.48. The summed E-state index contributed by atoms with van der Waals surface area (Å²) in [6, 6.07) is 7.41. The van der Waals surface area contributed by atoms with E-state index in [4.69, 9.17) is 0 Å². The van der Waals surface area contributed by atoms with Gasteiger partial charge in [-0.3, -0.25) is 0 Å². The normalized spacial score (nSPS) is 12.0. The minimum Gasteiger partial charge on any atom is -0.309 e. The monoisotopic (exact) mass is 319 g/mol. The molecule has 0 bridgehead atoms. The molecule has 0 atom stereocenters. The minimum atomic E-state index is -2.99. The van der Waals surface area contributed by atoms with Gasteiger partial charge in [0.1, 0.15) is 0 Å². The van der Waals surface area contributed by atoms with Crippen LogP contribution in [0.25, 0.3) is 0 Å². The Morgan fingerprint density at radius 3 is 2.29 bits per heavy atom. The molecule has 0 N–H and O–H groups in total. The third-order valence-corrected chi connectivity index (χ3v) is 4.57. The first-order valence-electron chi connectivity index (χ1n) is 5.49. The van der Waals surface area contributed by atoms with E-state index in [0.29, 0.717) is 6.42 Å². The Bertz CT molecular complexity index is 440. The maximum absolute atomic E-state index is 11.8. The van der Waals surface area contributed by atoms with Crippen molar-refractivity contribution in [2.75, 3.05) is 26.4 Å². The summed E-state index contributed by atoms with van der Waals surface area (Å²) in [5.74, 6) is 0.384. The van der Waals surface area contributed by atoms with Crippen molar-refractivity contribution in [1.82, 2.24) is 4.90 Å². The van der Waals surface area contributed by atoms with Gasteiger partial charge in [-0.05, 0) is 44.8 Å². The Kier molecular flexibility index (Phi) is 5.62. The molecule has 0 saturated carbocycles. The second kappa shape index (κ2) is 6.52. The number of hydrogen-bond acceptors (Lipinski definition) is 3. The van der Waals surface area contributed by atoms with Gasteiger partial charge < -0.3 is 4.90 Å². The van der Waals surface area contributed by atoms with Crippen molar-refractivity contribution < 1.29 is 8.42 Å². The van der Waals surface area contributed by atoms with Gasteiger partial charge in [0.25, 0.3) is 0 Å². The average molecular weight is 320 g/mol. The van der Waals surface area contributed by atoms with Gasteiger partial charge in [0.15, 0.2) is 9.84 Å². The number of halogens is 1. The van der Waals surface area contributed by atoms with Crippen LogP contribution < -0.4 is 0 Å². The van der Waals surface area contributed by atoms with E-state index in [0.717, 1.165) is 16.6 Å². The summed E-state index contributed by atoms with van der Waals surface area (Å²) in [5.41, 5.74) is 0.845. The molecule has 0 aromatic heterocycles. The fourth-order valence-electron chi connectivity index (χ4n) is 1.51. The lowest BCUT2D eigenvalue weighted by Crippen LogP contribution is -2.18. The van der Waals surface area contributed by atoms with Crippen molar-refractivity contribution in [3.8, 4) is 0 Å². The molecule has 5 heteroatoms. The summed E-state index contributed by atoms with van der Waals surface area (Å²) in [4.78, 5) is 2.00. The molecule has 0 fully saturated rings. The Morgan fingerprint density at radius 2 is 1.76 bits per heavy atom. The molecule has 17 heavy (non-hydrogen) atoms. The number of benzene rings is 1. The fraction of sp³-hybridized carbons (Fsp3) is 0.500. The van der Waals surface area contributed by atoms with Gasteiger partial charge in [0, 0.05) is 4.47 Å². The van der Waals surface area contributed by atoms with Crippen LogP contribution in [0.5, 0.6) is 0 Å². The standard InChI is InChI=1S/C12H18BrNO2S/c1-14(2)8-3-9-17(15,16)10-11-4-6-12(13)7-5-11/h4-7H,3,8-10H2,1-2H3. The molecule has 0 aliphatic heterocycles. The van der Waals surface area contributed by atoms with E-state index >= 15 is 0 Å². The van der Waals surface area contributed by atoms with Crippen LogP contribution >= 0.6 is 15.9 Å². The van der Waals surface area contributed by atoms with Gasteiger partial charge in [-0.25, -0.2) is 8.42 Å². The zero-order chi connectivity index (χ0) is 12.9. The van der Waals surface area contributed by atoms with Crippen molar-refractivity contribution in [2.45, 2.75) is 12.2 Å². The van der Waals surface area contributed by atoms with E-state index in [1.807, 2.05) is 43.3 Å². The molecule has 1 aromatic carbocycles. The average Bonchev–Trinajstić information content (AvgIpc) is 2.20. The Morgan fingerprint density at radius 1 is 1.18 bits per heavy atom. The van der Waals surface area contributed by atoms with E-state index in [1.165, 1.54) is 0 Å². The Balaban J connectivity index is 2.52. The summed E-state index contributed by atoms with van der Waals surface area (Å²) in [6.45, 7) is 0.805. The van der Waals surface area contributed by atoms with Crippen molar-refractivity contribution >= 4 is 25.8 Å². The van der Waals surface area contributed by atoms with Crippen molar-refractivity contribution in [1.29, 1.82) is 0 Å². The van der Waals surface area contributed by atoms with Crippen molar-refractivity contribution in [2.24, 2.45) is 0 Å². The van der Waals surface area contributed by atoms with E-state index in [9.17, 15) is 8.42 Å². The van der Waals surface area contributed by atoms with Crippen molar-refractivity contribution in [3.63, 3.8) is 0 Å². The van der Waals surface area contributed by atoms with Gasteiger partial charge in [-0.1, -0.05) is 28.1 Å². The van der Waals surface area contributed by atoms with Crippen LogP contribution in [0.15, 0.2) is 28.7 Å². The SMILES string of the molecule is CN(C)CCCS(=O)(=O)Cc1ccc(Br)cc1. The van der Waals surface area contributed by atoms with Crippen LogP contribution in [-0.4, -0.2) is 39.7 Å².